The molecule has 23 heavy (non-hydrogen) atoms. The molecular weight excluding hydrogens is 401 g/mol. The zero-order chi connectivity index (χ0) is 16.0. The Balaban J connectivity index is 1.73. The number of carbonyl (C=O) groups is 1. The average Bonchev–Trinajstić information content (AvgIpc) is 3.04. The molecule has 116 valence electrons. The van der Waals surface area contributed by atoms with Crippen LogP contribution >= 0.6 is 22.6 Å². The number of fused-ring (bicyclic) bond motifs is 3. The van der Waals surface area contributed by atoms with E-state index in [-0.39, 0.29) is 6.04 Å². The summed E-state index contributed by atoms with van der Waals surface area (Å²) in [5.74, 6) is 0.0370. The minimum absolute atomic E-state index is 0.213. The van der Waals surface area contributed by atoms with E-state index in [1.165, 1.54) is 14.8 Å². The van der Waals surface area contributed by atoms with E-state index in [0.29, 0.717) is 17.4 Å². The van der Waals surface area contributed by atoms with E-state index in [9.17, 15) is 4.79 Å². The highest BCUT2D eigenvalue weighted by Gasteiger charge is 2.37. The van der Waals surface area contributed by atoms with E-state index >= 15 is 0 Å². The highest BCUT2D eigenvalue weighted by Crippen LogP contribution is 2.49. The van der Waals surface area contributed by atoms with Crippen LogP contribution < -0.4 is 5.32 Å². The van der Waals surface area contributed by atoms with Gasteiger partial charge in [0.15, 0.2) is 0 Å². The number of allylic oxidation sites excluding steroid dienone is 2. The quantitative estimate of drug-likeness (QED) is 0.545. The summed E-state index contributed by atoms with van der Waals surface area (Å²) in [7, 11) is 0. The fraction of sp³-hybridized carbons (Fsp3) is 0.211. The lowest BCUT2D eigenvalue weighted by Crippen LogP contribution is -2.29. The fourth-order valence-corrected chi connectivity index (χ4v) is 4.24. The van der Waals surface area contributed by atoms with Crippen LogP contribution in [0.15, 0.2) is 54.6 Å². The molecule has 3 atom stereocenters. The standard InChI is InChI=1S/C19H16INO2/c20-13-8-9-17-16(10-13)14-2-1-3-15(14)18(21-17)11-4-6-12(7-5-11)19(22)23/h1-2,4-10,14-15,18,21H,3H2,(H,22,23)/t14-,15+,18-/m0/s1. The summed E-state index contributed by atoms with van der Waals surface area (Å²) >= 11 is 2.36. The summed E-state index contributed by atoms with van der Waals surface area (Å²) in [5.41, 5.74) is 4.04. The Bertz CT molecular complexity index is 798. The maximum absolute atomic E-state index is 11.0. The zero-order valence-corrected chi connectivity index (χ0v) is 14.5. The molecule has 0 saturated heterocycles. The summed E-state index contributed by atoms with van der Waals surface area (Å²) in [6.45, 7) is 0. The third-order valence-electron chi connectivity index (χ3n) is 4.84. The summed E-state index contributed by atoms with van der Waals surface area (Å²) < 4.78 is 1.26. The zero-order valence-electron chi connectivity index (χ0n) is 12.4. The first-order chi connectivity index (χ1) is 11.1. The molecule has 0 bridgehead atoms. The van der Waals surface area contributed by atoms with Gasteiger partial charge in [0.1, 0.15) is 0 Å². The van der Waals surface area contributed by atoms with Crippen molar-refractivity contribution >= 4 is 34.2 Å². The molecule has 1 aliphatic carbocycles. The van der Waals surface area contributed by atoms with Crippen LogP contribution in [-0.4, -0.2) is 11.1 Å². The number of aromatic carboxylic acids is 1. The molecule has 0 fully saturated rings. The van der Waals surface area contributed by atoms with Crippen molar-refractivity contribution in [1.29, 1.82) is 0 Å². The van der Waals surface area contributed by atoms with E-state index in [1.807, 2.05) is 12.1 Å². The molecule has 2 aromatic carbocycles. The first-order valence-electron chi connectivity index (χ1n) is 7.69. The Labute approximate surface area is 148 Å². The van der Waals surface area contributed by atoms with Gasteiger partial charge < -0.3 is 10.4 Å². The van der Waals surface area contributed by atoms with Gasteiger partial charge in [-0.1, -0.05) is 24.3 Å². The number of benzene rings is 2. The van der Waals surface area contributed by atoms with E-state index in [1.54, 1.807) is 12.1 Å². The van der Waals surface area contributed by atoms with Gasteiger partial charge in [-0.25, -0.2) is 4.79 Å². The predicted molar refractivity (Wildman–Crippen MR) is 98.9 cm³/mol. The second-order valence-corrected chi connectivity index (χ2v) is 7.38. The maximum atomic E-state index is 11.0. The Hall–Kier alpha value is -1.82. The van der Waals surface area contributed by atoms with Gasteiger partial charge in [0, 0.05) is 15.2 Å². The van der Waals surface area contributed by atoms with E-state index in [0.717, 1.165) is 12.0 Å². The molecule has 0 amide bonds. The molecule has 0 saturated carbocycles. The monoisotopic (exact) mass is 417 g/mol. The van der Waals surface area contributed by atoms with Gasteiger partial charge in [0.05, 0.1) is 11.6 Å². The molecule has 1 heterocycles. The summed E-state index contributed by atoms with van der Waals surface area (Å²) in [5, 5.41) is 12.7. The molecular formula is C19H16INO2. The van der Waals surface area contributed by atoms with Gasteiger partial charge in [-0.05, 0) is 76.4 Å². The van der Waals surface area contributed by atoms with E-state index in [2.05, 4.69) is 58.3 Å². The van der Waals surface area contributed by atoms with Crippen molar-refractivity contribution < 1.29 is 9.90 Å². The van der Waals surface area contributed by atoms with Crippen molar-refractivity contribution in [1.82, 2.24) is 0 Å². The first kappa shape index (κ1) is 14.8. The number of hydrogen-bond acceptors (Lipinski definition) is 2. The summed E-state index contributed by atoms with van der Waals surface area (Å²) in [6, 6.07) is 14.0. The lowest BCUT2D eigenvalue weighted by atomic mass is 9.77. The molecule has 3 nitrogen and oxygen atoms in total. The van der Waals surface area contributed by atoms with Crippen LogP contribution in [0.1, 0.15) is 39.9 Å². The molecule has 1 aliphatic heterocycles. The Kier molecular flexibility index (Phi) is 3.64. The maximum Gasteiger partial charge on any atom is 0.335 e. The van der Waals surface area contributed by atoms with Gasteiger partial charge in [-0.3, -0.25) is 0 Å². The van der Waals surface area contributed by atoms with Crippen LogP contribution in [0.4, 0.5) is 5.69 Å². The molecule has 2 aromatic rings. The van der Waals surface area contributed by atoms with Crippen molar-refractivity contribution in [3.63, 3.8) is 0 Å². The third-order valence-corrected chi connectivity index (χ3v) is 5.51. The lowest BCUT2D eigenvalue weighted by molar-refractivity contribution is 0.0697. The minimum Gasteiger partial charge on any atom is -0.478 e. The Morgan fingerprint density at radius 2 is 1.96 bits per heavy atom. The van der Waals surface area contributed by atoms with Gasteiger partial charge in [-0.15, -0.1) is 0 Å². The normalized spacial score (nSPS) is 24.7. The fourth-order valence-electron chi connectivity index (χ4n) is 3.73. The van der Waals surface area contributed by atoms with Crippen LogP contribution in [-0.2, 0) is 0 Å². The van der Waals surface area contributed by atoms with Gasteiger partial charge in [0.25, 0.3) is 0 Å². The van der Waals surface area contributed by atoms with Crippen LogP contribution in [0.25, 0.3) is 0 Å². The highest BCUT2D eigenvalue weighted by molar-refractivity contribution is 14.1. The largest absolute Gasteiger partial charge is 0.478 e. The number of rotatable bonds is 2. The molecule has 4 heteroatoms. The second-order valence-electron chi connectivity index (χ2n) is 6.13. The number of nitrogens with one attached hydrogen (secondary N) is 1. The lowest BCUT2D eigenvalue weighted by Gasteiger charge is -2.37. The van der Waals surface area contributed by atoms with Crippen molar-refractivity contribution in [2.45, 2.75) is 18.4 Å². The van der Waals surface area contributed by atoms with Crippen molar-refractivity contribution in [3.8, 4) is 0 Å². The topological polar surface area (TPSA) is 49.3 Å². The van der Waals surface area contributed by atoms with Gasteiger partial charge in [0.2, 0.25) is 0 Å². The molecule has 4 rings (SSSR count). The molecule has 0 aromatic heterocycles. The smallest absolute Gasteiger partial charge is 0.335 e. The van der Waals surface area contributed by atoms with Crippen LogP contribution in [0.3, 0.4) is 0 Å². The average molecular weight is 417 g/mol. The number of carboxylic acids is 1. The third kappa shape index (κ3) is 2.55. The molecule has 2 aliphatic rings. The van der Waals surface area contributed by atoms with Gasteiger partial charge in [-0.2, -0.15) is 0 Å². The molecule has 0 spiro atoms. The van der Waals surface area contributed by atoms with Crippen molar-refractivity contribution in [2.24, 2.45) is 5.92 Å². The Morgan fingerprint density at radius 1 is 1.17 bits per heavy atom. The van der Waals surface area contributed by atoms with Crippen LogP contribution in [0.2, 0.25) is 0 Å². The SMILES string of the molecule is O=C(O)c1ccc([C@@H]2Nc3ccc(I)cc3[C@H]3C=CC[C@H]32)cc1. The highest BCUT2D eigenvalue weighted by atomic mass is 127. The van der Waals surface area contributed by atoms with Gasteiger partial charge >= 0.3 is 5.97 Å². The number of anilines is 1. The second kappa shape index (κ2) is 5.67. The van der Waals surface area contributed by atoms with E-state index < -0.39 is 5.97 Å². The number of hydrogen-bond donors (Lipinski definition) is 2. The molecule has 0 unspecified atom stereocenters. The predicted octanol–water partition coefficient (Wildman–Crippen LogP) is 4.82. The molecule has 2 N–H and O–H groups in total. The summed E-state index contributed by atoms with van der Waals surface area (Å²) in [4.78, 5) is 11.0. The Morgan fingerprint density at radius 3 is 2.70 bits per heavy atom. The van der Waals surface area contributed by atoms with Crippen LogP contribution in [0.5, 0.6) is 0 Å². The van der Waals surface area contributed by atoms with Crippen molar-refractivity contribution in [3.05, 3.63) is 74.9 Å². The van der Waals surface area contributed by atoms with E-state index in [4.69, 9.17) is 5.11 Å². The first-order valence-corrected chi connectivity index (χ1v) is 8.77. The number of halogens is 1. The number of carboxylic acid groups (broad SMARTS) is 1. The summed E-state index contributed by atoms with van der Waals surface area (Å²) in [6.07, 6.45) is 5.64. The molecule has 0 radical (unpaired) electrons. The van der Waals surface area contributed by atoms with Crippen molar-refractivity contribution in [2.75, 3.05) is 5.32 Å². The minimum atomic E-state index is -0.881. The van der Waals surface area contributed by atoms with Crippen LogP contribution in [0, 0.1) is 9.49 Å².